The molecule has 26 heavy (non-hydrogen) atoms. The second-order valence-electron chi connectivity index (χ2n) is 6.10. The van der Waals surface area contributed by atoms with Crippen molar-refractivity contribution >= 4 is 11.9 Å². The number of nitrogens with zero attached hydrogens (tertiary/aromatic N) is 4. The molecule has 0 spiro atoms. The SMILES string of the molecule is COc1ccnc(N2CCCN(C(=O)COCc3ccccc3)CC2)n1. The number of amides is 1. The first-order chi connectivity index (χ1) is 12.8. The van der Waals surface area contributed by atoms with Crippen molar-refractivity contribution in [1.29, 1.82) is 0 Å². The molecule has 138 valence electrons. The van der Waals surface area contributed by atoms with Gasteiger partial charge in [0.2, 0.25) is 17.7 Å². The minimum Gasteiger partial charge on any atom is -0.481 e. The third-order valence-electron chi connectivity index (χ3n) is 4.29. The third-order valence-corrected chi connectivity index (χ3v) is 4.29. The van der Waals surface area contributed by atoms with Crippen LogP contribution >= 0.6 is 0 Å². The number of aromatic nitrogens is 2. The van der Waals surface area contributed by atoms with Crippen molar-refractivity contribution < 1.29 is 14.3 Å². The van der Waals surface area contributed by atoms with E-state index in [2.05, 4.69) is 14.9 Å². The number of hydrogen-bond acceptors (Lipinski definition) is 6. The zero-order valence-electron chi connectivity index (χ0n) is 15.0. The van der Waals surface area contributed by atoms with Gasteiger partial charge in [-0.1, -0.05) is 30.3 Å². The summed E-state index contributed by atoms with van der Waals surface area (Å²) in [7, 11) is 1.59. The molecule has 7 heteroatoms. The predicted molar refractivity (Wildman–Crippen MR) is 98.1 cm³/mol. The van der Waals surface area contributed by atoms with E-state index in [0.717, 1.165) is 18.5 Å². The minimum atomic E-state index is 0.0225. The van der Waals surface area contributed by atoms with Crippen molar-refractivity contribution in [2.75, 3.05) is 44.8 Å². The standard InChI is InChI=1S/C19H24N4O3/c1-25-17-8-9-20-19(21-17)23-11-5-10-22(12-13-23)18(24)15-26-14-16-6-3-2-4-7-16/h2-4,6-9H,5,10-15H2,1H3. The van der Waals surface area contributed by atoms with Gasteiger partial charge in [0.25, 0.3) is 0 Å². The Hall–Kier alpha value is -2.67. The Morgan fingerprint density at radius 3 is 2.77 bits per heavy atom. The average molecular weight is 356 g/mol. The summed E-state index contributed by atoms with van der Waals surface area (Å²) in [5.74, 6) is 1.20. The fraction of sp³-hybridized carbons (Fsp3) is 0.421. The van der Waals surface area contributed by atoms with Gasteiger partial charge in [-0.05, 0) is 12.0 Å². The van der Waals surface area contributed by atoms with Gasteiger partial charge in [-0.15, -0.1) is 0 Å². The Balaban J connectivity index is 1.49. The maximum Gasteiger partial charge on any atom is 0.248 e. The second kappa shape index (κ2) is 9.15. The van der Waals surface area contributed by atoms with E-state index >= 15 is 0 Å². The lowest BCUT2D eigenvalue weighted by atomic mass is 10.2. The zero-order chi connectivity index (χ0) is 18.2. The van der Waals surface area contributed by atoms with Crippen LogP contribution in [-0.4, -0.2) is 60.7 Å². The summed E-state index contributed by atoms with van der Waals surface area (Å²) in [6.45, 7) is 3.40. The summed E-state index contributed by atoms with van der Waals surface area (Å²) in [5, 5.41) is 0. The number of benzene rings is 1. The molecule has 0 atom stereocenters. The molecule has 2 aromatic rings. The molecule has 0 aliphatic carbocycles. The molecule has 0 bridgehead atoms. The van der Waals surface area contributed by atoms with Gasteiger partial charge in [-0.3, -0.25) is 4.79 Å². The summed E-state index contributed by atoms with van der Waals surface area (Å²) >= 11 is 0. The normalized spacial score (nSPS) is 14.8. The number of ether oxygens (including phenoxy) is 2. The second-order valence-corrected chi connectivity index (χ2v) is 6.10. The van der Waals surface area contributed by atoms with E-state index in [1.165, 1.54) is 0 Å². The fourth-order valence-electron chi connectivity index (χ4n) is 2.89. The summed E-state index contributed by atoms with van der Waals surface area (Å²) < 4.78 is 10.7. The number of methoxy groups -OCH3 is 1. The molecule has 1 aliphatic heterocycles. The van der Waals surface area contributed by atoms with Crippen LogP contribution in [0, 0.1) is 0 Å². The molecule has 0 radical (unpaired) electrons. The number of carbonyl (C=O) groups is 1. The summed E-state index contributed by atoms with van der Waals surface area (Å²) in [6, 6.07) is 11.6. The van der Waals surface area contributed by atoms with Crippen molar-refractivity contribution in [3.8, 4) is 5.88 Å². The topological polar surface area (TPSA) is 67.8 Å². The summed E-state index contributed by atoms with van der Waals surface area (Å²) in [4.78, 5) is 25.0. The van der Waals surface area contributed by atoms with E-state index in [1.807, 2.05) is 35.2 Å². The van der Waals surface area contributed by atoms with Crippen molar-refractivity contribution in [3.63, 3.8) is 0 Å². The molecule has 3 rings (SSSR count). The molecule has 0 unspecified atom stereocenters. The molecule has 1 aromatic carbocycles. The average Bonchev–Trinajstić information content (AvgIpc) is 2.95. The Labute approximate surface area is 153 Å². The zero-order valence-corrected chi connectivity index (χ0v) is 15.0. The maximum absolute atomic E-state index is 12.4. The third kappa shape index (κ3) is 4.92. The van der Waals surface area contributed by atoms with Gasteiger partial charge in [0.15, 0.2) is 0 Å². The van der Waals surface area contributed by atoms with Crippen LogP contribution in [0.5, 0.6) is 5.88 Å². The first-order valence-corrected chi connectivity index (χ1v) is 8.77. The lowest BCUT2D eigenvalue weighted by molar-refractivity contribution is -0.136. The van der Waals surface area contributed by atoms with Crippen LogP contribution in [0.25, 0.3) is 0 Å². The number of hydrogen-bond donors (Lipinski definition) is 0. The van der Waals surface area contributed by atoms with Crippen LogP contribution in [0.4, 0.5) is 5.95 Å². The first kappa shape index (κ1) is 18.1. The van der Waals surface area contributed by atoms with Gasteiger partial charge < -0.3 is 19.3 Å². The van der Waals surface area contributed by atoms with E-state index in [0.29, 0.717) is 38.1 Å². The fourth-order valence-corrected chi connectivity index (χ4v) is 2.89. The van der Waals surface area contributed by atoms with Crippen molar-refractivity contribution in [3.05, 3.63) is 48.2 Å². The molecular formula is C19H24N4O3. The largest absolute Gasteiger partial charge is 0.481 e. The number of carbonyl (C=O) groups excluding carboxylic acids is 1. The number of rotatable bonds is 6. The molecule has 1 aromatic heterocycles. The van der Waals surface area contributed by atoms with Crippen LogP contribution in [0.2, 0.25) is 0 Å². The van der Waals surface area contributed by atoms with E-state index < -0.39 is 0 Å². The van der Waals surface area contributed by atoms with Gasteiger partial charge in [0, 0.05) is 38.4 Å². The van der Waals surface area contributed by atoms with Crippen LogP contribution in [0.3, 0.4) is 0 Å². The van der Waals surface area contributed by atoms with E-state index in [9.17, 15) is 4.79 Å². The Morgan fingerprint density at radius 2 is 1.96 bits per heavy atom. The summed E-state index contributed by atoms with van der Waals surface area (Å²) in [5.41, 5.74) is 1.07. The van der Waals surface area contributed by atoms with Crippen molar-refractivity contribution in [2.45, 2.75) is 13.0 Å². The maximum atomic E-state index is 12.4. The van der Waals surface area contributed by atoms with Gasteiger partial charge >= 0.3 is 0 Å². The van der Waals surface area contributed by atoms with Crippen molar-refractivity contribution in [2.24, 2.45) is 0 Å². The van der Waals surface area contributed by atoms with Crippen LogP contribution in [0.15, 0.2) is 42.6 Å². The molecule has 2 heterocycles. The van der Waals surface area contributed by atoms with Crippen LogP contribution in [-0.2, 0) is 16.1 Å². The highest BCUT2D eigenvalue weighted by atomic mass is 16.5. The molecule has 0 saturated carbocycles. The minimum absolute atomic E-state index is 0.0225. The lowest BCUT2D eigenvalue weighted by Crippen LogP contribution is -2.37. The van der Waals surface area contributed by atoms with Gasteiger partial charge in [-0.2, -0.15) is 4.98 Å². The first-order valence-electron chi connectivity index (χ1n) is 8.77. The Bertz CT molecular complexity index is 711. The predicted octanol–water partition coefficient (Wildman–Crippen LogP) is 1.74. The molecular weight excluding hydrogens is 332 g/mol. The van der Waals surface area contributed by atoms with Crippen LogP contribution < -0.4 is 9.64 Å². The van der Waals surface area contributed by atoms with Crippen LogP contribution in [0.1, 0.15) is 12.0 Å². The number of anilines is 1. The highest BCUT2D eigenvalue weighted by Gasteiger charge is 2.20. The van der Waals surface area contributed by atoms with Gasteiger partial charge in [0.1, 0.15) is 6.61 Å². The molecule has 1 amide bonds. The molecule has 1 saturated heterocycles. The molecule has 7 nitrogen and oxygen atoms in total. The van der Waals surface area contributed by atoms with E-state index in [-0.39, 0.29) is 12.5 Å². The smallest absolute Gasteiger partial charge is 0.248 e. The monoisotopic (exact) mass is 356 g/mol. The van der Waals surface area contributed by atoms with Gasteiger partial charge in [0.05, 0.1) is 13.7 Å². The molecule has 1 aliphatic rings. The van der Waals surface area contributed by atoms with E-state index in [1.54, 1.807) is 19.4 Å². The van der Waals surface area contributed by atoms with Crippen molar-refractivity contribution in [1.82, 2.24) is 14.9 Å². The summed E-state index contributed by atoms with van der Waals surface area (Å²) in [6.07, 6.45) is 2.55. The lowest BCUT2D eigenvalue weighted by Gasteiger charge is -2.22. The van der Waals surface area contributed by atoms with Gasteiger partial charge in [-0.25, -0.2) is 4.98 Å². The Morgan fingerprint density at radius 1 is 1.12 bits per heavy atom. The Kier molecular flexibility index (Phi) is 6.38. The molecule has 0 N–H and O–H groups in total. The highest BCUT2D eigenvalue weighted by molar-refractivity contribution is 5.77. The quantitative estimate of drug-likeness (QED) is 0.785. The molecule has 1 fully saturated rings. The highest BCUT2D eigenvalue weighted by Crippen LogP contribution is 2.15. The van der Waals surface area contributed by atoms with E-state index in [4.69, 9.17) is 9.47 Å².